The second-order valence-electron chi connectivity index (χ2n) is 5.20. The van der Waals surface area contributed by atoms with E-state index in [2.05, 4.69) is 25.7 Å². The van der Waals surface area contributed by atoms with Crippen LogP contribution in [0.15, 0.2) is 18.3 Å². The molecule has 0 atom stereocenters. The van der Waals surface area contributed by atoms with E-state index in [0.29, 0.717) is 5.02 Å². The Labute approximate surface area is 149 Å². The first-order valence-electron chi connectivity index (χ1n) is 7.39. The molecule has 0 aliphatic rings. The fraction of sp³-hybridized carbons (Fsp3) is 0.400. The summed E-state index contributed by atoms with van der Waals surface area (Å²) >= 11 is 5.73. The second kappa shape index (κ2) is 10.2. The molecule has 1 rings (SSSR count). The normalized spacial score (nSPS) is 10.1. The molecule has 0 radical (unpaired) electrons. The molecule has 1 aromatic heterocycles. The molecule has 3 amide bonds. The summed E-state index contributed by atoms with van der Waals surface area (Å²) in [7, 11) is 0. The molecule has 25 heavy (non-hydrogen) atoms. The average molecular weight is 371 g/mol. The number of rotatable bonds is 8. The maximum absolute atomic E-state index is 11.7. The fourth-order valence-electron chi connectivity index (χ4n) is 1.57. The van der Waals surface area contributed by atoms with Crippen LogP contribution < -0.4 is 16.0 Å². The lowest BCUT2D eigenvalue weighted by atomic mass is 10.3. The van der Waals surface area contributed by atoms with Crippen molar-refractivity contribution >= 4 is 35.3 Å². The Bertz CT molecular complexity index is 651. The van der Waals surface area contributed by atoms with Gasteiger partial charge in [0.1, 0.15) is 12.2 Å². The molecule has 0 unspecified atom stereocenters. The van der Waals surface area contributed by atoms with Crippen LogP contribution in [-0.4, -0.2) is 54.4 Å². The van der Waals surface area contributed by atoms with Gasteiger partial charge in [0.15, 0.2) is 6.61 Å². The van der Waals surface area contributed by atoms with Gasteiger partial charge < -0.3 is 20.7 Å². The average Bonchev–Trinajstić information content (AvgIpc) is 2.55. The zero-order chi connectivity index (χ0) is 18.8. The van der Waals surface area contributed by atoms with Crippen molar-refractivity contribution < 1.29 is 23.9 Å². The predicted octanol–water partition coefficient (Wildman–Crippen LogP) is -0.351. The van der Waals surface area contributed by atoms with Crippen molar-refractivity contribution in [2.45, 2.75) is 19.9 Å². The summed E-state index contributed by atoms with van der Waals surface area (Å²) < 4.78 is 4.68. The van der Waals surface area contributed by atoms with Crippen molar-refractivity contribution in [1.82, 2.24) is 20.9 Å². The summed E-state index contributed by atoms with van der Waals surface area (Å²) in [5.74, 6) is -2.39. The standard InChI is InChI=1S/C15H19ClN4O5/c1-9(2)20-12(21)6-18-13(22)8-25-14(23)7-19-15(24)11-5-10(16)3-4-17-11/h3-5,9H,6-8H2,1-2H3,(H,18,22)(H,19,24)(H,20,21). The predicted molar refractivity (Wildman–Crippen MR) is 88.8 cm³/mol. The van der Waals surface area contributed by atoms with E-state index in [0.717, 1.165) is 0 Å². The first-order valence-corrected chi connectivity index (χ1v) is 7.77. The highest BCUT2D eigenvalue weighted by atomic mass is 35.5. The lowest BCUT2D eigenvalue weighted by Gasteiger charge is -2.09. The zero-order valence-electron chi connectivity index (χ0n) is 13.8. The number of aromatic nitrogens is 1. The number of carbonyl (C=O) groups is 4. The van der Waals surface area contributed by atoms with Gasteiger partial charge >= 0.3 is 5.97 Å². The Kier molecular flexibility index (Phi) is 8.34. The second-order valence-corrected chi connectivity index (χ2v) is 5.64. The van der Waals surface area contributed by atoms with Gasteiger partial charge in [-0.15, -0.1) is 0 Å². The molecule has 136 valence electrons. The van der Waals surface area contributed by atoms with E-state index in [9.17, 15) is 19.2 Å². The van der Waals surface area contributed by atoms with Gasteiger partial charge in [-0.1, -0.05) is 11.6 Å². The van der Waals surface area contributed by atoms with E-state index < -0.39 is 30.9 Å². The molecule has 1 aromatic rings. The fourth-order valence-corrected chi connectivity index (χ4v) is 1.73. The number of amides is 3. The maximum atomic E-state index is 11.7. The van der Waals surface area contributed by atoms with Crippen molar-refractivity contribution in [2.24, 2.45) is 0 Å². The Hall–Kier alpha value is -2.68. The minimum absolute atomic E-state index is 0.0418. The van der Waals surface area contributed by atoms with Gasteiger partial charge in [0, 0.05) is 17.3 Å². The van der Waals surface area contributed by atoms with Gasteiger partial charge in [-0.2, -0.15) is 0 Å². The van der Waals surface area contributed by atoms with E-state index in [1.807, 2.05) is 0 Å². The number of halogens is 1. The molecule has 0 aromatic carbocycles. The van der Waals surface area contributed by atoms with Crippen LogP contribution in [0.2, 0.25) is 5.02 Å². The van der Waals surface area contributed by atoms with Crippen LogP contribution in [0.4, 0.5) is 0 Å². The van der Waals surface area contributed by atoms with E-state index in [1.165, 1.54) is 18.3 Å². The molecular weight excluding hydrogens is 352 g/mol. The molecule has 0 aliphatic carbocycles. The Morgan fingerprint density at radius 3 is 2.52 bits per heavy atom. The third-order valence-electron chi connectivity index (χ3n) is 2.61. The van der Waals surface area contributed by atoms with Crippen molar-refractivity contribution in [1.29, 1.82) is 0 Å². The molecule has 9 nitrogen and oxygen atoms in total. The molecule has 0 fully saturated rings. The highest BCUT2D eigenvalue weighted by molar-refractivity contribution is 6.30. The van der Waals surface area contributed by atoms with Gasteiger partial charge in [0.2, 0.25) is 5.91 Å². The van der Waals surface area contributed by atoms with Gasteiger partial charge in [-0.3, -0.25) is 24.2 Å². The third kappa shape index (κ3) is 8.66. The molecule has 3 N–H and O–H groups in total. The van der Waals surface area contributed by atoms with E-state index >= 15 is 0 Å². The minimum atomic E-state index is -0.808. The molecule has 0 saturated heterocycles. The van der Waals surface area contributed by atoms with E-state index in [4.69, 9.17) is 11.6 Å². The van der Waals surface area contributed by atoms with Crippen molar-refractivity contribution in [3.05, 3.63) is 29.0 Å². The molecule has 0 spiro atoms. The minimum Gasteiger partial charge on any atom is -0.454 e. The zero-order valence-corrected chi connectivity index (χ0v) is 14.6. The number of hydrogen-bond acceptors (Lipinski definition) is 6. The van der Waals surface area contributed by atoms with Crippen LogP contribution in [-0.2, 0) is 19.1 Å². The number of pyridine rings is 1. The lowest BCUT2D eigenvalue weighted by Crippen LogP contribution is -2.41. The molecule has 10 heteroatoms. The highest BCUT2D eigenvalue weighted by Gasteiger charge is 2.12. The van der Waals surface area contributed by atoms with Crippen molar-refractivity contribution in [3.8, 4) is 0 Å². The van der Waals surface area contributed by atoms with Gasteiger partial charge in [-0.05, 0) is 26.0 Å². The van der Waals surface area contributed by atoms with Crippen LogP contribution in [0, 0.1) is 0 Å². The van der Waals surface area contributed by atoms with Crippen LogP contribution in [0.25, 0.3) is 0 Å². The molecular formula is C15H19ClN4O5. The topological polar surface area (TPSA) is 126 Å². The first kappa shape index (κ1) is 20.4. The maximum Gasteiger partial charge on any atom is 0.325 e. The van der Waals surface area contributed by atoms with Gasteiger partial charge in [-0.25, -0.2) is 0 Å². The summed E-state index contributed by atoms with van der Waals surface area (Å²) in [5.41, 5.74) is 0.0502. The van der Waals surface area contributed by atoms with E-state index in [1.54, 1.807) is 13.8 Å². The van der Waals surface area contributed by atoms with Gasteiger partial charge in [0.05, 0.1) is 6.54 Å². The largest absolute Gasteiger partial charge is 0.454 e. The van der Waals surface area contributed by atoms with Crippen molar-refractivity contribution in [3.63, 3.8) is 0 Å². The number of ether oxygens (including phenoxy) is 1. The highest BCUT2D eigenvalue weighted by Crippen LogP contribution is 2.07. The molecule has 0 bridgehead atoms. The van der Waals surface area contributed by atoms with E-state index in [-0.39, 0.29) is 24.2 Å². The monoisotopic (exact) mass is 370 g/mol. The summed E-state index contributed by atoms with van der Waals surface area (Å²) in [5, 5.41) is 7.52. The Morgan fingerprint density at radius 2 is 1.88 bits per heavy atom. The van der Waals surface area contributed by atoms with Crippen LogP contribution >= 0.6 is 11.6 Å². The summed E-state index contributed by atoms with van der Waals surface area (Å²) in [4.78, 5) is 49.8. The summed E-state index contributed by atoms with van der Waals surface area (Å²) in [6.45, 7) is 2.36. The molecule has 0 saturated carbocycles. The first-order chi connectivity index (χ1) is 11.8. The summed E-state index contributed by atoms with van der Waals surface area (Å²) in [6, 6.07) is 2.81. The lowest BCUT2D eigenvalue weighted by molar-refractivity contribution is -0.147. The van der Waals surface area contributed by atoms with Crippen molar-refractivity contribution in [2.75, 3.05) is 19.7 Å². The number of esters is 1. The Morgan fingerprint density at radius 1 is 1.16 bits per heavy atom. The van der Waals surface area contributed by atoms with Crippen LogP contribution in [0.5, 0.6) is 0 Å². The summed E-state index contributed by atoms with van der Waals surface area (Å²) in [6.07, 6.45) is 1.36. The number of carbonyl (C=O) groups excluding carboxylic acids is 4. The van der Waals surface area contributed by atoms with Crippen LogP contribution in [0.1, 0.15) is 24.3 Å². The SMILES string of the molecule is CC(C)NC(=O)CNC(=O)COC(=O)CNC(=O)c1cc(Cl)ccn1. The Balaban J connectivity index is 2.25. The number of nitrogens with zero attached hydrogens (tertiary/aromatic N) is 1. The number of nitrogens with one attached hydrogen (secondary N) is 3. The smallest absolute Gasteiger partial charge is 0.325 e. The third-order valence-corrected chi connectivity index (χ3v) is 2.84. The van der Waals surface area contributed by atoms with Crippen LogP contribution in [0.3, 0.4) is 0 Å². The quantitative estimate of drug-likeness (QED) is 0.537. The number of hydrogen-bond donors (Lipinski definition) is 3. The molecule has 1 heterocycles. The molecule has 0 aliphatic heterocycles. The van der Waals surface area contributed by atoms with Gasteiger partial charge in [0.25, 0.3) is 11.8 Å².